The lowest BCUT2D eigenvalue weighted by Crippen LogP contribution is -2.09. The van der Waals surface area contributed by atoms with E-state index >= 15 is 0 Å². The molecule has 3 nitrogen and oxygen atoms in total. The molecule has 0 unspecified atom stereocenters. The van der Waals surface area contributed by atoms with Crippen molar-refractivity contribution in [2.24, 2.45) is 0 Å². The van der Waals surface area contributed by atoms with E-state index in [0.29, 0.717) is 4.88 Å². The summed E-state index contributed by atoms with van der Waals surface area (Å²) in [6.07, 6.45) is 1.64. The van der Waals surface area contributed by atoms with Crippen LogP contribution in [0.25, 0.3) is 20.0 Å². The maximum absolute atomic E-state index is 12.3. The van der Waals surface area contributed by atoms with E-state index in [1.807, 2.05) is 41.1 Å². The van der Waals surface area contributed by atoms with Crippen LogP contribution in [0.1, 0.15) is 9.67 Å². The summed E-state index contributed by atoms with van der Waals surface area (Å²) < 4.78 is 1.22. The number of thiazole rings is 1. The molecule has 0 aliphatic carbocycles. The predicted octanol–water partition coefficient (Wildman–Crippen LogP) is 5.34. The maximum atomic E-state index is 12.3. The Morgan fingerprint density at radius 3 is 2.91 bits per heavy atom. The number of carbonyl (C=O) groups excluding carboxylic acids is 1. The number of thiophene rings is 2. The van der Waals surface area contributed by atoms with Gasteiger partial charge in [-0.25, -0.2) is 4.98 Å². The van der Waals surface area contributed by atoms with Gasteiger partial charge in [-0.05, 0) is 46.5 Å². The summed E-state index contributed by atoms with van der Waals surface area (Å²) in [5.74, 6) is -0.116. The van der Waals surface area contributed by atoms with Gasteiger partial charge < -0.3 is 5.32 Å². The van der Waals surface area contributed by atoms with Crippen LogP contribution in [0.15, 0.2) is 53.4 Å². The number of rotatable bonds is 3. The van der Waals surface area contributed by atoms with Crippen molar-refractivity contribution in [2.75, 3.05) is 5.32 Å². The molecule has 0 bridgehead atoms. The smallest absolute Gasteiger partial charge is 0.267 e. The molecule has 0 aliphatic rings. The molecule has 1 aromatic carbocycles. The van der Waals surface area contributed by atoms with Gasteiger partial charge in [0.05, 0.1) is 11.1 Å². The predicted molar refractivity (Wildman–Crippen MR) is 95.2 cm³/mol. The Morgan fingerprint density at radius 2 is 2.05 bits per heavy atom. The van der Waals surface area contributed by atoms with Crippen molar-refractivity contribution >= 4 is 55.7 Å². The molecule has 6 heteroatoms. The van der Waals surface area contributed by atoms with Gasteiger partial charge in [-0.2, -0.15) is 0 Å². The van der Waals surface area contributed by atoms with Crippen LogP contribution in [0, 0.1) is 0 Å². The molecule has 3 heterocycles. The number of hydrogen-bond acceptors (Lipinski definition) is 5. The highest BCUT2D eigenvalue weighted by molar-refractivity contribution is 7.22. The third-order valence-electron chi connectivity index (χ3n) is 3.17. The second kappa shape index (κ2) is 5.64. The minimum absolute atomic E-state index is 0.116. The van der Waals surface area contributed by atoms with Gasteiger partial charge in [-0.15, -0.1) is 34.0 Å². The first-order valence-corrected chi connectivity index (χ1v) is 9.15. The van der Waals surface area contributed by atoms with Crippen LogP contribution in [0.4, 0.5) is 5.69 Å². The second-order valence-electron chi connectivity index (χ2n) is 4.63. The van der Waals surface area contributed by atoms with Gasteiger partial charge >= 0.3 is 0 Å². The summed E-state index contributed by atoms with van der Waals surface area (Å²) in [6.45, 7) is 0. The quantitative estimate of drug-likeness (QED) is 0.546. The largest absolute Gasteiger partial charge is 0.321 e. The Labute approximate surface area is 138 Å². The molecule has 0 fully saturated rings. The fraction of sp³-hybridized carbons (Fsp3) is 0. The first kappa shape index (κ1) is 13.6. The number of nitrogens with zero attached hydrogens (tertiary/aromatic N) is 1. The van der Waals surface area contributed by atoms with E-state index in [1.165, 1.54) is 16.0 Å². The topological polar surface area (TPSA) is 42.0 Å². The summed E-state index contributed by atoms with van der Waals surface area (Å²) in [4.78, 5) is 18.4. The molecule has 0 aliphatic heterocycles. The first-order chi connectivity index (χ1) is 10.8. The van der Waals surface area contributed by atoms with Gasteiger partial charge in [0, 0.05) is 10.4 Å². The van der Waals surface area contributed by atoms with E-state index in [9.17, 15) is 4.79 Å². The van der Waals surface area contributed by atoms with Crippen molar-refractivity contribution in [3.8, 4) is 9.88 Å². The van der Waals surface area contributed by atoms with Crippen molar-refractivity contribution in [3.63, 3.8) is 0 Å². The monoisotopic (exact) mass is 342 g/mol. The van der Waals surface area contributed by atoms with Crippen LogP contribution in [-0.2, 0) is 0 Å². The van der Waals surface area contributed by atoms with Gasteiger partial charge in [0.2, 0.25) is 0 Å². The fourth-order valence-corrected chi connectivity index (χ4v) is 4.52. The molecule has 4 rings (SSSR count). The molecular formula is C16H10N2OS3. The van der Waals surface area contributed by atoms with Crippen molar-refractivity contribution in [2.45, 2.75) is 0 Å². The summed E-state index contributed by atoms with van der Waals surface area (Å²) in [6, 6.07) is 12.0. The Balaban J connectivity index is 1.56. The first-order valence-electron chi connectivity index (χ1n) is 6.58. The van der Waals surface area contributed by atoms with E-state index < -0.39 is 0 Å². The van der Waals surface area contributed by atoms with Gasteiger partial charge in [0.1, 0.15) is 9.88 Å². The molecule has 3 aromatic heterocycles. The lowest BCUT2D eigenvalue weighted by Gasteiger charge is -2.03. The standard InChI is InChI=1S/C16H10N2OS3/c19-15(14-9-17-16(22-14)13-2-1-6-20-13)18-11-3-4-12-10(8-11)5-7-21-12/h1-9H,(H,18,19). The average Bonchev–Trinajstić information content (AvgIpc) is 3.26. The molecule has 108 valence electrons. The third kappa shape index (κ3) is 2.56. The van der Waals surface area contributed by atoms with Crippen LogP contribution in [0.5, 0.6) is 0 Å². The van der Waals surface area contributed by atoms with Crippen molar-refractivity contribution in [3.05, 3.63) is 58.2 Å². The van der Waals surface area contributed by atoms with E-state index in [1.54, 1.807) is 28.9 Å². The highest BCUT2D eigenvalue weighted by Gasteiger charge is 2.12. The highest BCUT2D eigenvalue weighted by atomic mass is 32.1. The molecule has 1 amide bonds. The fourth-order valence-electron chi connectivity index (χ4n) is 2.13. The minimum Gasteiger partial charge on any atom is -0.321 e. The molecule has 1 N–H and O–H groups in total. The number of hydrogen-bond donors (Lipinski definition) is 1. The maximum Gasteiger partial charge on any atom is 0.267 e. The Hall–Kier alpha value is -2.02. The lowest BCUT2D eigenvalue weighted by atomic mass is 10.2. The number of benzene rings is 1. The number of fused-ring (bicyclic) bond motifs is 1. The number of carbonyl (C=O) groups is 1. The zero-order valence-corrected chi connectivity index (χ0v) is 13.7. The van der Waals surface area contributed by atoms with Crippen molar-refractivity contribution < 1.29 is 4.79 Å². The Bertz CT molecular complexity index is 937. The summed E-state index contributed by atoms with van der Waals surface area (Å²) in [5, 5.41) is 9.02. The molecule has 0 spiro atoms. The van der Waals surface area contributed by atoms with Gasteiger partial charge in [0.15, 0.2) is 0 Å². The van der Waals surface area contributed by atoms with Gasteiger partial charge in [-0.1, -0.05) is 6.07 Å². The van der Waals surface area contributed by atoms with Crippen molar-refractivity contribution in [1.82, 2.24) is 4.98 Å². The van der Waals surface area contributed by atoms with E-state index in [-0.39, 0.29) is 5.91 Å². The number of aromatic nitrogens is 1. The van der Waals surface area contributed by atoms with Crippen LogP contribution < -0.4 is 5.32 Å². The molecule has 0 saturated heterocycles. The van der Waals surface area contributed by atoms with E-state index in [0.717, 1.165) is 21.0 Å². The minimum atomic E-state index is -0.116. The Morgan fingerprint density at radius 1 is 1.09 bits per heavy atom. The highest BCUT2D eigenvalue weighted by Crippen LogP contribution is 2.29. The second-order valence-corrected chi connectivity index (χ2v) is 7.56. The van der Waals surface area contributed by atoms with E-state index in [2.05, 4.69) is 16.4 Å². The molecule has 0 saturated carbocycles. The van der Waals surface area contributed by atoms with Crippen LogP contribution in [-0.4, -0.2) is 10.9 Å². The lowest BCUT2D eigenvalue weighted by molar-refractivity contribution is 0.103. The van der Waals surface area contributed by atoms with Gasteiger partial charge in [-0.3, -0.25) is 4.79 Å². The number of anilines is 1. The summed E-state index contributed by atoms with van der Waals surface area (Å²) in [5.41, 5.74) is 0.807. The van der Waals surface area contributed by atoms with E-state index in [4.69, 9.17) is 0 Å². The molecule has 0 atom stereocenters. The van der Waals surface area contributed by atoms with Crippen LogP contribution in [0.3, 0.4) is 0 Å². The SMILES string of the molecule is O=C(Nc1ccc2sccc2c1)c1cnc(-c2cccs2)s1. The third-order valence-corrected chi connectivity index (χ3v) is 6.10. The zero-order chi connectivity index (χ0) is 14.9. The average molecular weight is 342 g/mol. The van der Waals surface area contributed by atoms with Crippen molar-refractivity contribution in [1.29, 1.82) is 0 Å². The normalized spacial score (nSPS) is 10.9. The van der Waals surface area contributed by atoms with Gasteiger partial charge in [0.25, 0.3) is 5.91 Å². The molecule has 22 heavy (non-hydrogen) atoms. The van der Waals surface area contributed by atoms with Crippen LogP contribution >= 0.6 is 34.0 Å². The number of amides is 1. The number of nitrogens with one attached hydrogen (secondary N) is 1. The molecule has 0 radical (unpaired) electrons. The zero-order valence-electron chi connectivity index (χ0n) is 11.3. The molecule has 4 aromatic rings. The summed E-state index contributed by atoms with van der Waals surface area (Å²) in [7, 11) is 0. The molecular weight excluding hydrogens is 332 g/mol. The summed E-state index contributed by atoms with van der Waals surface area (Å²) >= 11 is 4.73. The Kier molecular flexibility index (Phi) is 3.49. The van der Waals surface area contributed by atoms with Crippen LogP contribution in [0.2, 0.25) is 0 Å².